The van der Waals surface area contributed by atoms with Crippen LogP contribution in [0.25, 0.3) is 0 Å². The Morgan fingerprint density at radius 3 is 2.72 bits per heavy atom. The van der Waals surface area contributed by atoms with Gasteiger partial charge in [-0.15, -0.1) is 5.10 Å². The lowest BCUT2D eigenvalue weighted by molar-refractivity contribution is -0.148. The van der Waals surface area contributed by atoms with Gasteiger partial charge in [0.25, 0.3) is 0 Å². The van der Waals surface area contributed by atoms with Gasteiger partial charge in [0.15, 0.2) is 0 Å². The Bertz CT molecular complexity index is 897. The molecule has 8 heteroatoms. The molecule has 2 bridgehead atoms. The highest BCUT2D eigenvalue weighted by molar-refractivity contribution is 5.79. The van der Waals surface area contributed by atoms with Gasteiger partial charge in [0.05, 0.1) is 31.4 Å². The minimum Gasteiger partial charge on any atom is -0.378 e. The fourth-order valence-corrected chi connectivity index (χ4v) is 5.57. The van der Waals surface area contributed by atoms with E-state index in [2.05, 4.69) is 57.6 Å². The zero-order valence-electron chi connectivity index (χ0n) is 19.0. The van der Waals surface area contributed by atoms with Crippen molar-refractivity contribution in [1.29, 1.82) is 0 Å². The van der Waals surface area contributed by atoms with Gasteiger partial charge in [0.2, 0.25) is 5.91 Å². The Morgan fingerprint density at radius 2 is 1.97 bits per heavy atom. The molecule has 5 heterocycles. The van der Waals surface area contributed by atoms with Gasteiger partial charge in [-0.1, -0.05) is 35.5 Å². The second kappa shape index (κ2) is 9.68. The molecule has 0 spiro atoms. The number of benzene rings is 1. The number of hydrogen-bond donors (Lipinski definition) is 0. The standard InChI is InChI=1S/C24H34N6O2/c1-27(14-19-5-3-2-4-6-19)15-21-16-30(26-25-21)17-22-13-20-7-8-29(22)18-23(20)24(31)28-9-11-32-12-10-28/h2-6,16,20,22-23H,7-15,17-18H2,1H3/t20-,22-,23+/m1/s1. The third-order valence-corrected chi connectivity index (χ3v) is 7.23. The second-order valence-electron chi connectivity index (χ2n) is 9.57. The number of nitrogens with zero attached hydrogens (tertiary/aromatic N) is 6. The van der Waals surface area contributed by atoms with Crippen LogP contribution < -0.4 is 0 Å². The molecule has 0 radical (unpaired) electrons. The summed E-state index contributed by atoms with van der Waals surface area (Å²) in [5, 5.41) is 8.82. The monoisotopic (exact) mass is 438 g/mol. The van der Waals surface area contributed by atoms with E-state index >= 15 is 0 Å². The molecule has 4 saturated heterocycles. The molecule has 172 valence electrons. The van der Waals surface area contributed by atoms with Crippen LogP contribution in [0.3, 0.4) is 0 Å². The molecule has 4 fully saturated rings. The fourth-order valence-electron chi connectivity index (χ4n) is 5.57. The maximum Gasteiger partial charge on any atom is 0.227 e. The van der Waals surface area contributed by atoms with Crippen molar-refractivity contribution in [2.45, 2.75) is 38.5 Å². The molecule has 8 nitrogen and oxygen atoms in total. The van der Waals surface area contributed by atoms with Gasteiger partial charge >= 0.3 is 0 Å². The number of aromatic nitrogens is 3. The topological polar surface area (TPSA) is 66.7 Å². The first-order chi connectivity index (χ1) is 15.7. The van der Waals surface area contributed by atoms with E-state index in [1.165, 1.54) is 5.56 Å². The van der Waals surface area contributed by atoms with Crippen molar-refractivity contribution in [1.82, 2.24) is 29.7 Å². The largest absolute Gasteiger partial charge is 0.378 e. The van der Waals surface area contributed by atoms with Crippen LogP contribution in [-0.2, 0) is 29.2 Å². The summed E-state index contributed by atoms with van der Waals surface area (Å²) in [5.41, 5.74) is 2.30. The lowest BCUT2D eigenvalue weighted by Gasteiger charge is -2.50. The summed E-state index contributed by atoms with van der Waals surface area (Å²) in [5.74, 6) is 0.974. The van der Waals surface area contributed by atoms with Crippen molar-refractivity contribution in [3.8, 4) is 0 Å². The average molecular weight is 439 g/mol. The molecule has 4 atom stereocenters. The quantitative estimate of drug-likeness (QED) is 0.652. The molecule has 0 aliphatic carbocycles. The number of morpholine rings is 1. The molecule has 0 N–H and O–H groups in total. The summed E-state index contributed by atoms with van der Waals surface area (Å²) < 4.78 is 7.41. The third kappa shape index (κ3) is 4.87. The normalized spacial score (nSPS) is 27.8. The van der Waals surface area contributed by atoms with Crippen LogP contribution in [0.4, 0.5) is 0 Å². The van der Waals surface area contributed by atoms with Crippen LogP contribution in [0.1, 0.15) is 24.1 Å². The molecule has 1 amide bonds. The number of amides is 1. The lowest BCUT2D eigenvalue weighted by atomic mass is 9.75. The number of rotatable bonds is 7. The molecule has 2 aromatic rings. The predicted octanol–water partition coefficient (Wildman–Crippen LogP) is 1.48. The molecule has 1 unspecified atom stereocenters. The van der Waals surface area contributed by atoms with Crippen molar-refractivity contribution in [2.75, 3.05) is 46.4 Å². The second-order valence-corrected chi connectivity index (χ2v) is 9.57. The van der Waals surface area contributed by atoms with E-state index in [0.29, 0.717) is 31.1 Å². The van der Waals surface area contributed by atoms with Crippen LogP contribution in [-0.4, -0.2) is 88.1 Å². The highest BCUT2D eigenvalue weighted by Crippen LogP contribution is 2.37. The number of piperidine rings is 3. The number of carbonyl (C=O) groups excluding carboxylic acids is 1. The van der Waals surface area contributed by atoms with Crippen molar-refractivity contribution in [3.05, 3.63) is 47.8 Å². The van der Waals surface area contributed by atoms with Crippen LogP contribution in [0.2, 0.25) is 0 Å². The Hall–Kier alpha value is -2.29. The Kier molecular flexibility index (Phi) is 6.52. The zero-order valence-corrected chi connectivity index (χ0v) is 19.0. The summed E-state index contributed by atoms with van der Waals surface area (Å²) in [6.07, 6.45) is 4.29. The fraction of sp³-hybridized carbons (Fsp3) is 0.625. The molecule has 32 heavy (non-hydrogen) atoms. The van der Waals surface area contributed by atoms with Crippen LogP contribution in [0.15, 0.2) is 36.5 Å². The van der Waals surface area contributed by atoms with Gasteiger partial charge in [0.1, 0.15) is 0 Å². The minimum absolute atomic E-state index is 0.149. The molecule has 1 aromatic heterocycles. The highest BCUT2D eigenvalue weighted by atomic mass is 16.5. The summed E-state index contributed by atoms with van der Waals surface area (Å²) in [7, 11) is 2.11. The van der Waals surface area contributed by atoms with E-state index in [1.807, 2.05) is 15.6 Å². The summed E-state index contributed by atoms with van der Waals surface area (Å²) in [6, 6.07) is 10.9. The van der Waals surface area contributed by atoms with Crippen molar-refractivity contribution < 1.29 is 9.53 Å². The molecular weight excluding hydrogens is 404 g/mol. The first-order valence-electron chi connectivity index (χ1n) is 11.9. The van der Waals surface area contributed by atoms with Crippen LogP contribution in [0, 0.1) is 11.8 Å². The molecular formula is C24H34N6O2. The number of fused-ring (bicyclic) bond motifs is 3. The first-order valence-corrected chi connectivity index (χ1v) is 11.9. The third-order valence-electron chi connectivity index (χ3n) is 7.23. The van der Waals surface area contributed by atoms with Gasteiger partial charge in [-0.25, -0.2) is 0 Å². The Morgan fingerprint density at radius 1 is 1.16 bits per heavy atom. The number of carbonyl (C=O) groups is 1. The number of hydrogen-bond acceptors (Lipinski definition) is 6. The van der Waals surface area contributed by atoms with E-state index in [0.717, 1.165) is 64.3 Å². The summed E-state index contributed by atoms with van der Waals surface area (Å²) in [6.45, 7) is 7.32. The van der Waals surface area contributed by atoms with Crippen LogP contribution in [0.5, 0.6) is 0 Å². The van der Waals surface area contributed by atoms with Gasteiger partial charge in [-0.2, -0.15) is 0 Å². The zero-order chi connectivity index (χ0) is 21.9. The average Bonchev–Trinajstić information content (AvgIpc) is 3.26. The maximum atomic E-state index is 13.1. The first kappa shape index (κ1) is 21.6. The smallest absolute Gasteiger partial charge is 0.227 e. The number of ether oxygens (including phenoxy) is 1. The van der Waals surface area contributed by atoms with Crippen molar-refractivity contribution in [3.63, 3.8) is 0 Å². The van der Waals surface area contributed by atoms with Gasteiger partial charge in [-0.3, -0.25) is 19.3 Å². The lowest BCUT2D eigenvalue weighted by Crippen LogP contribution is -2.59. The Balaban J connectivity index is 1.14. The van der Waals surface area contributed by atoms with E-state index in [9.17, 15) is 4.79 Å². The predicted molar refractivity (Wildman–Crippen MR) is 121 cm³/mol. The van der Waals surface area contributed by atoms with E-state index in [-0.39, 0.29) is 5.92 Å². The highest BCUT2D eigenvalue weighted by Gasteiger charge is 2.44. The van der Waals surface area contributed by atoms with Gasteiger partial charge in [0, 0.05) is 45.0 Å². The van der Waals surface area contributed by atoms with E-state index in [1.54, 1.807) is 0 Å². The summed E-state index contributed by atoms with van der Waals surface area (Å²) >= 11 is 0. The molecule has 6 rings (SSSR count). The van der Waals surface area contributed by atoms with Crippen LogP contribution >= 0.6 is 0 Å². The van der Waals surface area contributed by atoms with Gasteiger partial charge < -0.3 is 9.64 Å². The van der Waals surface area contributed by atoms with E-state index < -0.39 is 0 Å². The maximum absolute atomic E-state index is 13.1. The minimum atomic E-state index is 0.149. The Labute approximate surface area is 190 Å². The van der Waals surface area contributed by atoms with Crippen molar-refractivity contribution >= 4 is 5.91 Å². The SMILES string of the molecule is CN(Cc1ccccc1)Cc1cn(C[C@H]2C[C@H]3CCN2C[C@@H]3C(=O)N2CCOCC2)nn1. The molecule has 4 aliphatic heterocycles. The van der Waals surface area contributed by atoms with E-state index in [4.69, 9.17) is 4.74 Å². The molecule has 4 aliphatic rings. The summed E-state index contributed by atoms with van der Waals surface area (Å²) in [4.78, 5) is 19.8. The molecule has 1 aromatic carbocycles. The van der Waals surface area contributed by atoms with Crippen molar-refractivity contribution in [2.24, 2.45) is 11.8 Å². The molecule has 0 saturated carbocycles. The van der Waals surface area contributed by atoms with Gasteiger partial charge in [-0.05, 0) is 37.9 Å².